The van der Waals surface area contributed by atoms with Gasteiger partial charge in [-0.2, -0.15) is 0 Å². The summed E-state index contributed by atoms with van der Waals surface area (Å²) in [7, 11) is -2.46. The van der Waals surface area contributed by atoms with E-state index in [1.165, 1.54) is 0 Å². The summed E-state index contributed by atoms with van der Waals surface area (Å²) in [6.45, 7) is 7.82. The van der Waals surface area contributed by atoms with Crippen molar-refractivity contribution in [2.45, 2.75) is 33.0 Å². The molecular formula is C9H19IO4Si. The van der Waals surface area contributed by atoms with E-state index in [1.54, 1.807) is 0 Å². The summed E-state index contributed by atoms with van der Waals surface area (Å²) in [6.07, 6.45) is 0.0935. The van der Waals surface area contributed by atoms with E-state index >= 15 is 0 Å². The summed E-state index contributed by atoms with van der Waals surface area (Å²) in [6, 6.07) is 0. The van der Waals surface area contributed by atoms with Crippen LogP contribution < -0.4 is 0 Å². The average molecular weight is 346 g/mol. The van der Waals surface area contributed by atoms with Crippen LogP contribution in [0.3, 0.4) is 0 Å². The van der Waals surface area contributed by atoms with E-state index in [-0.39, 0.29) is 12.2 Å². The van der Waals surface area contributed by atoms with E-state index in [0.717, 1.165) is 4.05 Å². The smallest absolute Gasteiger partial charge is 0.376 e. The Kier molecular flexibility index (Phi) is 6.01. The SMILES string of the molecule is CCO[Si]1(CI)OC(C)COCC(C)O1. The van der Waals surface area contributed by atoms with Crippen molar-refractivity contribution in [3.05, 3.63) is 0 Å². The van der Waals surface area contributed by atoms with Crippen LogP contribution in [-0.2, 0) is 18.0 Å². The lowest BCUT2D eigenvalue weighted by Gasteiger charge is -2.35. The van der Waals surface area contributed by atoms with Crippen LogP contribution in [0.4, 0.5) is 0 Å². The highest BCUT2D eigenvalue weighted by Crippen LogP contribution is 2.20. The first-order valence-corrected chi connectivity index (χ1v) is 8.71. The van der Waals surface area contributed by atoms with Crippen molar-refractivity contribution in [1.82, 2.24) is 0 Å². The second kappa shape index (κ2) is 6.50. The number of hydrogen-bond acceptors (Lipinski definition) is 4. The molecule has 0 bridgehead atoms. The number of halogens is 1. The number of hydrogen-bond donors (Lipinski definition) is 0. The summed E-state index contributed by atoms with van der Waals surface area (Å²) >= 11 is 2.28. The summed E-state index contributed by atoms with van der Waals surface area (Å²) in [5.41, 5.74) is 0. The number of alkyl halides is 1. The van der Waals surface area contributed by atoms with Gasteiger partial charge in [0, 0.05) is 6.61 Å². The highest BCUT2D eigenvalue weighted by molar-refractivity contribution is 14.1. The Bertz CT molecular complexity index is 181. The van der Waals surface area contributed by atoms with Gasteiger partial charge in [-0.3, -0.25) is 0 Å². The maximum atomic E-state index is 5.90. The molecule has 0 aromatic rings. The molecule has 0 amide bonds. The van der Waals surface area contributed by atoms with Crippen LogP contribution in [0.1, 0.15) is 20.8 Å². The van der Waals surface area contributed by atoms with Gasteiger partial charge in [0.2, 0.25) is 0 Å². The zero-order chi connectivity index (χ0) is 11.3. The minimum atomic E-state index is -2.46. The van der Waals surface area contributed by atoms with Crippen LogP contribution in [0.25, 0.3) is 0 Å². The van der Waals surface area contributed by atoms with Crippen molar-refractivity contribution < 1.29 is 18.0 Å². The zero-order valence-corrected chi connectivity index (χ0v) is 12.7. The predicted molar refractivity (Wildman–Crippen MR) is 68.2 cm³/mol. The molecule has 4 nitrogen and oxygen atoms in total. The van der Waals surface area contributed by atoms with Crippen molar-refractivity contribution in [3.8, 4) is 0 Å². The molecule has 0 N–H and O–H groups in total. The lowest BCUT2D eigenvalue weighted by Crippen LogP contribution is -2.54. The zero-order valence-electron chi connectivity index (χ0n) is 9.49. The first-order valence-electron chi connectivity index (χ1n) is 5.25. The van der Waals surface area contributed by atoms with E-state index < -0.39 is 8.80 Å². The van der Waals surface area contributed by atoms with Gasteiger partial charge >= 0.3 is 8.80 Å². The molecule has 0 aromatic heterocycles. The number of rotatable bonds is 3. The first kappa shape index (κ1) is 13.9. The number of ether oxygens (including phenoxy) is 1. The fourth-order valence-corrected chi connectivity index (χ4v) is 5.43. The Morgan fingerprint density at radius 1 is 1.27 bits per heavy atom. The van der Waals surface area contributed by atoms with Crippen molar-refractivity contribution in [3.63, 3.8) is 0 Å². The fourth-order valence-electron chi connectivity index (χ4n) is 1.50. The molecule has 1 aliphatic rings. The fraction of sp³-hybridized carbons (Fsp3) is 1.00. The van der Waals surface area contributed by atoms with Gasteiger partial charge in [-0.1, -0.05) is 22.6 Å². The molecule has 0 saturated carbocycles. The standard InChI is InChI=1S/C9H19IO4Si/c1-4-12-15(7-10)13-8(2)5-11-6-9(3)14-15/h8-9H,4-7H2,1-3H3. The summed E-state index contributed by atoms with van der Waals surface area (Å²) in [5, 5.41) is 0. The Morgan fingerprint density at radius 3 is 2.20 bits per heavy atom. The van der Waals surface area contributed by atoms with Crippen molar-refractivity contribution >= 4 is 31.4 Å². The van der Waals surface area contributed by atoms with E-state index in [2.05, 4.69) is 22.6 Å². The Balaban J connectivity index is 2.69. The van der Waals surface area contributed by atoms with E-state index in [0.29, 0.717) is 19.8 Å². The van der Waals surface area contributed by atoms with Crippen LogP contribution >= 0.6 is 22.6 Å². The van der Waals surface area contributed by atoms with Crippen LogP contribution in [0.2, 0.25) is 0 Å². The molecule has 1 aliphatic heterocycles. The minimum Gasteiger partial charge on any atom is -0.376 e. The van der Waals surface area contributed by atoms with Gasteiger partial charge in [0.05, 0.1) is 29.5 Å². The first-order chi connectivity index (χ1) is 7.12. The van der Waals surface area contributed by atoms with Crippen LogP contribution in [0.5, 0.6) is 0 Å². The maximum Gasteiger partial charge on any atom is 0.511 e. The third kappa shape index (κ3) is 4.27. The molecular weight excluding hydrogens is 327 g/mol. The third-order valence-corrected chi connectivity index (χ3v) is 7.38. The van der Waals surface area contributed by atoms with Gasteiger partial charge in [0.25, 0.3) is 0 Å². The average Bonchev–Trinajstić information content (AvgIpc) is 2.15. The van der Waals surface area contributed by atoms with Gasteiger partial charge in [0.1, 0.15) is 0 Å². The molecule has 6 heteroatoms. The lowest BCUT2D eigenvalue weighted by atomic mass is 10.4. The molecule has 90 valence electrons. The summed E-state index contributed by atoms with van der Waals surface area (Å²) < 4.78 is 23.7. The van der Waals surface area contributed by atoms with Crippen molar-refractivity contribution in [2.75, 3.05) is 23.9 Å². The van der Waals surface area contributed by atoms with Crippen molar-refractivity contribution in [2.24, 2.45) is 0 Å². The van der Waals surface area contributed by atoms with Gasteiger partial charge in [-0.05, 0) is 20.8 Å². The van der Waals surface area contributed by atoms with E-state index in [9.17, 15) is 0 Å². The molecule has 2 unspecified atom stereocenters. The minimum absolute atomic E-state index is 0.0467. The van der Waals surface area contributed by atoms with Crippen LogP contribution in [0, 0.1) is 0 Å². The Morgan fingerprint density at radius 2 is 1.80 bits per heavy atom. The summed E-state index contributed by atoms with van der Waals surface area (Å²) in [5.74, 6) is 0. The molecule has 0 spiro atoms. The maximum absolute atomic E-state index is 5.90. The quantitative estimate of drug-likeness (QED) is 0.444. The normalized spacial score (nSPS) is 38.4. The highest BCUT2D eigenvalue weighted by atomic mass is 127. The second-order valence-electron chi connectivity index (χ2n) is 3.64. The molecule has 1 rings (SSSR count). The lowest BCUT2D eigenvalue weighted by molar-refractivity contribution is -0.0684. The Hall–Kier alpha value is 0.787. The van der Waals surface area contributed by atoms with Crippen molar-refractivity contribution in [1.29, 1.82) is 0 Å². The Labute approximate surface area is 106 Å². The van der Waals surface area contributed by atoms with Crippen LogP contribution in [0.15, 0.2) is 0 Å². The molecule has 0 radical (unpaired) electrons. The highest BCUT2D eigenvalue weighted by Gasteiger charge is 2.44. The predicted octanol–water partition coefficient (Wildman–Crippen LogP) is 1.78. The molecule has 0 aliphatic carbocycles. The molecule has 1 fully saturated rings. The third-order valence-electron chi connectivity index (χ3n) is 1.99. The van der Waals surface area contributed by atoms with Crippen LogP contribution in [-0.4, -0.2) is 44.9 Å². The van der Waals surface area contributed by atoms with E-state index in [1.807, 2.05) is 20.8 Å². The monoisotopic (exact) mass is 346 g/mol. The van der Waals surface area contributed by atoms with E-state index in [4.69, 9.17) is 18.0 Å². The second-order valence-corrected chi connectivity index (χ2v) is 8.33. The molecule has 0 aromatic carbocycles. The van der Waals surface area contributed by atoms with Gasteiger partial charge in [-0.15, -0.1) is 0 Å². The largest absolute Gasteiger partial charge is 0.511 e. The topological polar surface area (TPSA) is 36.9 Å². The molecule has 15 heavy (non-hydrogen) atoms. The molecule has 1 saturated heterocycles. The van der Waals surface area contributed by atoms with Gasteiger partial charge in [-0.25, -0.2) is 0 Å². The summed E-state index contributed by atoms with van der Waals surface area (Å²) in [4.78, 5) is 0. The molecule has 2 atom stereocenters. The van der Waals surface area contributed by atoms with Gasteiger partial charge in [0.15, 0.2) is 0 Å². The molecule has 1 heterocycles. The van der Waals surface area contributed by atoms with Gasteiger partial charge < -0.3 is 18.0 Å².